The van der Waals surface area contributed by atoms with Crippen molar-refractivity contribution in [3.05, 3.63) is 53.9 Å². The van der Waals surface area contributed by atoms with E-state index in [-0.39, 0.29) is 33.7 Å². The van der Waals surface area contributed by atoms with Crippen LogP contribution in [0.3, 0.4) is 0 Å². The molecule has 5 aliphatic rings. The Morgan fingerprint density at radius 1 is 1.00 bits per heavy atom. The third-order valence-corrected chi connectivity index (χ3v) is 15.7. The number of carbonyl (C=O) groups is 1. The first kappa shape index (κ1) is 32.6. The van der Waals surface area contributed by atoms with Gasteiger partial charge in [-0.25, -0.2) is 4.68 Å². The van der Waals surface area contributed by atoms with Gasteiger partial charge in [-0.3, -0.25) is 4.79 Å². The molecule has 5 saturated carbocycles. The summed E-state index contributed by atoms with van der Waals surface area (Å²) in [5.41, 5.74) is 3.26. The molecular formula is C40H54N4O3. The van der Waals surface area contributed by atoms with Gasteiger partial charge in [-0.15, -0.1) is 5.10 Å². The summed E-state index contributed by atoms with van der Waals surface area (Å²) in [6.07, 6.45) is 12.6. The number of carboxylic acids is 1. The van der Waals surface area contributed by atoms with E-state index in [1.807, 2.05) is 24.4 Å². The number of aromatic nitrogens is 3. The first-order valence-corrected chi connectivity index (χ1v) is 18.1. The maximum Gasteiger partial charge on any atom is 0.309 e. The molecule has 0 unspecified atom stereocenters. The Morgan fingerprint density at radius 2 is 1.77 bits per heavy atom. The van der Waals surface area contributed by atoms with E-state index in [1.165, 1.54) is 24.8 Å². The predicted molar refractivity (Wildman–Crippen MR) is 181 cm³/mol. The van der Waals surface area contributed by atoms with Crippen LogP contribution in [-0.2, 0) is 16.1 Å². The highest BCUT2D eigenvalue weighted by molar-refractivity contribution is 5.76. The molecule has 1 N–H and O–H groups in total. The van der Waals surface area contributed by atoms with E-state index < -0.39 is 11.4 Å². The van der Waals surface area contributed by atoms with Gasteiger partial charge in [0.15, 0.2) is 0 Å². The quantitative estimate of drug-likeness (QED) is 0.318. The van der Waals surface area contributed by atoms with Gasteiger partial charge in [-0.2, -0.15) is 5.26 Å². The van der Waals surface area contributed by atoms with E-state index in [0.29, 0.717) is 35.8 Å². The molecule has 1 aromatic heterocycles. The van der Waals surface area contributed by atoms with Crippen molar-refractivity contribution in [1.82, 2.24) is 15.0 Å². The minimum atomic E-state index is -0.569. The number of hydrogen-bond donors (Lipinski definition) is 1. The smallest absolute Gasteiger partial charge is 0.309 e. The lowest BCUT2D eigenvalue weighted by Crippen LogP contribution is -2.67. The van der Waals surface area contributed by atoms with E-state index in [2.05, 4.69) is 64.5 Å². The number of rotatable bonds is 6. The summed E-state index contributed by atoms with van der Waals surface area (Å²) < 4.78 is 8.40. The maximum atomic E-state index is 13.0. The molecule has 47 heavy (non-hydrogen) atoms. The Labute approximate surface area is 281 Å². The summed E-state index contributed by atoms with van der Waals surface area (Å²) in [6.45, 7) is 19.6. The minimum Gasteiger partial charge on any atom is -0.481 e. The van der Waals surface area contributed by atoms with E-state index in [1.54, 1.807) is 10.7 Å². The number of ether oxygens (including phenoxy) is 1. The normalized spacial score (nSPS) is 41.9. The van der Waals surface area contributed by atoms with Crippen LogP contribution in [0.1, 0.15) is 117 Å². The number of allylic oxidation sites excluding steroid dienone is 1. The Morgan fingerprint density at radius 3 is 2.49 bits per heavy atom. The fourth-order valence-corrected chi connectivity index (χ4v) is 13.2. The first-order chi connectivity index (χ1) is 22.2. The SMILES string of the molecule is C=C(C)[C@@H]1CC[C@]2(C(=O)O)CC[C@]3(C)[C@H](CC[C@@H]4[C@@]5(C)CC[C@H](OCc6cn(-c7ccccc7C#N)nn6)C(C)(C)[C@@H]5CC[C@]43C)[C@@H]12. The summed E-state index contributed by atoms with van der Waals surface area (Å²) in [5, 5.41) is 28.9. The molecule has 1 heterocycles. The van der Waals surface area contributed by atoms with Crippen LogP contribution in [0.5, 0.6) is 0 Å². The number of nitrogens with zero attached hydrogens (tertiary/aromatic N) is 4. The summed E-state index contributed by atoms with van der Waals surface area (Å²) in [6, 6.07) is 9.68. The van der Waals surface area contributed by atoms with Gasteiger partial charge < -0.3 is 9.84 Å². The van der Waals surface area contributed by atoms with Crippen molar-refractivity contribution in [1.29, 1.82) is 5.26 Å². The molecule has 0 bridgehead atoms. The molecular weight excluding hydrogens is 584 g/mol. The second-order valence-corrected chi connectivity index (χ2v) is 17.6. The van der Waals surface area contributed by atoms with Crippen molar-refractivity contribution < 1.29 is 14.6 Å². The fourth-order valence-electron chi connectivity index (χ4n) is 13.2. The van der Waals surface area contributed by atoms with Crippen LogP contribution in [0.15, 0.2) is 42.6 Å². The largest absolute Gasteiger partial charge is 0.481 e. The van der Waals surface area contributed by atoms with Gasteiger partial charge in [0.1, 0.15) is 11.8 Å². The molecule has 0 saturated heterocycles. The van der Waals surface area contributed by atoms with Crippen LogP contribution in [0.4, 0.5) is 0 Å². The maximum absolute atomic E-state index is 13.0. The van der Waals surface area contributed by atoms with Crippen LogP contribution in [0.2, 0.25) is 0 Å². The number of para-hydroxylation sites is 1. The van der Waals surface area contributed by atoms with Crippen molar-refractivity contribution in [2.75, 3.05) is 0 Å². The number of benzene rings is 1. The zero-order valence-corrected chi connectivity index (χ0v) is 29.4. The van der Waals surface area contributed by atoms with E-state index in [4.69, 9.17) is 4.74 Å². The zero-order chi connectivity index (χ0) is 33.6. The molecule has 0 amide bonds. The summed E-state index contributed by atoms with van der Waals surface area (Å²) in [7, 11) is 0. The third-order valence-electron chi connectivity index (χ3n) is 15.7. The summed E-state index contributed by atoms with van der Waals surface area (Å²) in [5.74, 6) is 1.62. The highest BCUT2D eigenvalue weighted by atomic mass is 16.5. The van der Waals surface area contributed by atoms with Crippen molar-refractivity contribution >= 4 is 5.97 Å². The molecule has 7 rings (SSSR count). The Kier molecular flexibility index (Phi) is 7.64. The standard InChI is InChI=1S/C40H54N4O3/c1-25(2)28-14-19-40(35(45)46)21-20-38(6)29(34(28)40)12-13-32-37(5)17-16-33(36(3,4)31(37)15-18-39(32,38)7)47-24-27-23-44(43-42-27)30-11-9-8-10-26(30)22-41/h8-11,23,28-29,31-34H,1,12-21,24H2,2-7H3,(H,45,46)/t28-,29+,31-,32+,33-,34+,37-,38+,39+,40-/m0/s1. The van der Waals surface area contributed by atoms with E-state index in [0.717, 1.165) is 56.3 Å². The molecule has 252 valence electrons. The lowest BCUT2D eigenvalue weighted by Gasteiger charge is -2.72. The number of hydrogen-bond acceptors (Lipinski definition) is 5. The summed E-state index contributed by atoms with van der Waals surface area (Å²) >= 11 is 0. The van der Waals surface area contributed by atoms with Gasteiger partial charge in [0.25, 0.3) is 0 Å². The van der Waals surface area contributed by atoms with Crippen LogP contribution in [0, 0.1) is 68.0 Å². The molecule has 5 fully saturated rings. The van der Waals surface area contributed by atoms with Crippen LogP contribution in [0.25, 0.3) is 5.69 Å². The van der Waals surface area contributed by atoms with E-state index >= 15 is 0 Å². The third kappa shape index (κ3) is 4.49. The average Bonchev–Trinajstić information content (AvgIpc) is 3.67. The monoisotopic (exact) mass is 638 g/mol. The molecule has 7 nitrogen and oxygen atoms in total. The van der Waals surface area contributed by atoms with Gasteiger partial charge in [0.05, 0.1) is 35.6 Å². The molecule has 10 atom stereocenters. The molecule has 7 heteroatoms. The van der Waals surface area contributed by atoms with Crippen molar-refractivity contribution in [3.8, 4) is 11.8 Å². The van der Waals surface area contributed by atoms with Gasteiger partial charge in [0, 0.05) is 0 Å². The predicted octanol–water partition coefficient (Wildman–Crippen LogP) is 8.77. The van der Waals surface area contributed by atoms with Gasteiger partial charge in [-0.05, 0) is 135 Å². The van der Waals surface area contributed by atoms with E-state index in [9.17, 15) is 15.2 Å². The van der Waals surface area contributed by atoms with Gasteiger partial charge >= 0.3 is 5.97 Å². The van der Waals surface area contributed by atoms with Crippen molar-refractivity contribution in [3.63, 3.8) is 0 Å². The highest BCUT2D eigenvalue weighted by Crippen LogP contribution is 2.77. The Balaban J connectivity index is 1.11. The number of carboxylic acid groups (broad SMARTS) is 1. The lowest BCUT2D eigenvalue weighted by atomic mass is 9.32. The second kappa shape index (κ2) is 11.0. The molecule has 2 aromatic rings. The van der Waals surface area contributed by atoms with Gasteiger partial charge in [-0.1, -0.05) is 64.1 Å². The topological polar surface area (TPSA) is 101 Å². The number of nitriles is 1. The molecule has 0 radical (unpaired) electrons. The van der Waals surface area contributed by atoms with Gasteiger partial charge in [0.2, 0.25) is 0 Å². The minimum absolute atomic E-state index is 0.0109. The van der Waals surface area contributed by atoms with Crippen LogP contribution < -0.4 is 0 Å². The first-order valence-electron chi connectivity index (χ1n) is 18.1. The molecule has 5 aliphatic carbocycles. The van der Waals surface area contributed by atoms with Crippen LogP contribution in [-0.4, -0.2) is 32.2 Å². The van der Waals surface area contributed by atoms with Crippen molar-refractivity contribution in [2.45, 2.75) is 118 Å². The average molecular weight is 639 g/mol. The molecule has 1 aromatic carbocycles. The van der Waals surface area contributed by atoms with Crippen LogP contribution >= 0.6 is 0 Å². The molecule has 0 aliphatic heterocycles. The number of fused-ring (bicyclic) bond motifs is 7. The van der Waals surface area contributed by atoms with Crippen molar-refractivity contribution in [2.24, 2.45) is 56.7 Å². The zero-order valence-electron chi connectivity index (χ0n) is 29.4. The molecule has 0 spiro atoms. The highest BCUT2D eigenvalue weighted by Gasteiger charge is 2.72. The number of aliphatic carboxylic acids is 1. The lowest BCUT2D eigenvalue weighted by molar-refractivity contribution is -0.252. The fraction of sp³-hybridized carbons (Fsp3) is 0.700. The Bertz CT molecular complexity index is 1620. The Hall–Kier alpha value is -2.98. The summed E-state index contributed by atoms with van der Waals surface area (Å²) in [4.78, 5) is 13.0. The second-order valence-electron chi connectivity index (χ2n) is 17.6.